The van der Waals surface area contributed by atoms with Crippen LogP contribution in [0.25, 0.3) is 0 Å². The minimum atomic E-state index is -2.49. The number of hydrogen-bond donors (Lipinski definition) is 0. The summed E-state index contributed by atoms with van der Waals surface area (Å²) in [5.41, 5.74) is 0. The van der Waals surface area contributed by atoms with E-state index in [1.807, 2.05) is 0 Å². The van der Waals surface area contributed by atoms with E-state index in [1.165, 1.54) is 12.4 Å². The predicted octanol–water partition coefficient (Wildman–Crippen LogP) is 1.88. The van der Waals surface area contributed by atoms with E-state index >= 15 is 0 Å². The van der Waals surface area contributed by atoms with Crippen LogP contribution in [0.3, 0.4) is 0 Å². The van der Waals surface area contributed by atoms with Crippen molar-refractivity contribution in [1.29, 1.82) is 0 Å². The van der Waals surface area contributed by atoms with E-state index in [2.05, 4.69) is 30.6 Å². The molecule has 12 heavy (non-hydrogen) atoms. The van der Waals surface area contributed by atoms with Gasteiger partial charge in [0.15, 0.2) is 6.61 Å². The Morgan fingerprint density at radius 2 is 2.25 bits per heavy atom. The molecule has 0 aliphatic rings. The molecule has 0 aliphatic heterocycles. The average molecular weight is 239 g/mol. The Balaban J connectivity index is 2.52. The maximum absolute atomic E-state index is 11.6. The van der Waals surface area contributed by atoms with E-state index in [9.17, 15) is 8.78 Å². The third kappa shape index (κ3) is 3.08. The fourth-order valence-corrected chi connectivity index (χ4v) is 0.836. The number of alkyl halides is 2. The second-order valence-corrected chi connectivity index (χ2v) is 2.69. The molecule has 0 radical (unpaired) electrons. The SMILES string of the molecule is FC(F)COc1cncc(Br)n1. The van der Waals surface area contributed by atoms with Crippen LogP contribution in [0.15, 0.2) is 17.0 Å². The molecule has 0 atom stereocenters. The molecule has 0 saturated heterocycles. The van der Waals surface area contributed by atoms with Crippen LogP contribution in [0.5, 0.6) is 5.88 Å². The zero-order valence-corrected chi connectivity index (χ0v) is 7.46. The quantitative estimate of drug-likeness (QED) is 0.807. The Kier molecular flexibility index (Phi) is 3.33. The van der Waals surface area contributed by atoms with Gasteiger partial charge in [0.25, 0.3) is 6.43 Å². The zero-order valence-electron chi connectivity index (χ0n) is 5.88. The Hall–Kier alpha value is -0.780. The van der Waals surface area contributed by atoms with Crippen LogP contribution in [0, 0.1) is 0 Å². The van der Waals surface area contributed by atoms with Gasteiger partial charge in [-0.15, -0.1) is 0 Å². The molecular weight excluding hydrogens is 234 g/mol. The molecule has 0 fully saturated rings. The molecule has 66 valence electrons. The molecule has 0 spiro atoms. The smallest absolute Gasteiger partial charge is 0.272 e. The van der Waals surface area contributed by atoms with Crippen molar-refractivity contribution in [2.24, 2.45) is 0 Å². The van der Waals surface area contributed by atoms with Gasteiger partial charge in [-0.25, -0.2) is 13.8 Å². The molecule has 1 aromatic heterocycles. The summed E-state index contributed by atoms with van der Waals surface area (Å²) in [5, 5.41) is 0. The molecule has 0 N–H and O–H groups in total. The molecule has 0 unspecified atom stereocenters. The van der Waals surface area contributed by atoms with Gasteiger partial charge in [0.1, 0.15) is 4.60 Å². The van der Waals surface area contributed by atoms with Crippen molar-refractivity contribution in [3.05, 3.63) is 17.0 Å². The minimum absolute atomic E-state index is 0.0877. The molecular formula is C6H5BrF2N2O. The summed E-state index contributed by atoms with van der Waals surface area (Å²) in [6.45, 7) is -0.662. The largest absolute Gasteiger partial charge is 0.470 e. The minimum Gasteiger partial charge on any atom is -0.470 e. The summed E-state index contributed by atoms with van der Waals surface area (Å²) in [5.74, 6) is 0.0877. The summed E-state index contributed by atoms with van der Waals surface area (Å²) in [7, 11) is 0. The van der Waals surface area contributed by atoms with Gasteiger partial charge in [-0.1, -0.05) is 0 Å². The first-order chi connectivity index (χ1) is 5.68. The highest BCUT2D eigenvalue weighted by molar-refractivity contribution is 9.10. The van der Waals surface area contributed by atoms with E-state index in [-0.39, 0.29) is 5.88 Å². The van der Waals surface area contributed by atoms with E-state index in [1.54, 1.807) is 0 Å². The summed E-state index contributed by atoms with van der Waals surface area (Å²) in [4.78, 5) is 7.43. The fraction of sp³-hybridized carbons (Fsp3) is 0.333. The number of aromatic nitrogens is 2. The predicted molar refractivity (Wildman–Crippen MR) is 41.2 cm³/mol. The maximum atomic E-state index is 11.6. The highest BCUT2D eigenvalue weighted by Crippen LogP contribution is 2.10. The molecule has 1 rings (SSSR count). The van der Waals surface area contributed by atoms with Crippen molar-refractivity contribution in [3.63, 3.8) is 0 Å². The lowest BCUT2D eigenvalue weighted by Crippen LogP contribution is -2.08. The third-order valence-corrected chi connectivity index (χ3v) is 1.32. The molecule has 1 aromatic rings. The van der Waals surface area contributed by atoms with Crippen molar-refractivity contribution < 1.29 is 13.5 Å². The van der Waals surface area contributed by atoms with Gasteiger partial charge < -0.3 is 4.74 Å². The molecule has 0 bridgehead atoms. The van der Waals surface area contributed by atoms with Gasteiger partial charge in [-0.3, -0.25) is 4.98 Å². The van der Waals surface area contributed by atoms with Crippen molar-refractivity contribution in [2.45, 2.75) is 6.43 Å². The summed E-state index contributed by atoms with van der Waals surface area (Å²) < 4.78 is 28.3. The molecule has 0 amide bonds. The lowest BCUT2D eigenvalue weighted by atomic mass is 10.7. The normalized spacial score (nSPS) is 10.3. The Morgan fingerprint density at radius 1 is 1.50 bits per heavy atom. The standard InChI is InChI=1S/C6H5BrF2N2O/c7-4-1-10-2-6(11-4)12-3-5(8)9/h1-2,5H,3H2. The van der Waals surface area contributed by atoms with E-state index in [0.29, 0.717) is 4.60 Å². The summed E-state index contributed by atoms with van der Waals surface area (Å²) >= 11 is 3.03. The molecule has 0 aromatic carbocycles. The van der Waals surface area contributed by atoms with E-state index in [0.717, 1.165) is 0 Å². The summed E-state index contributed by atoms with van der Waals surface area (Å²) in [6, 6.07) is 0. The Morgan fingerprint density at radius 3 is 2.83 bits per heavy atom. The fourth-order valence-electron chi connectivity index (χ4n) is 0.543. The first kappa shape index (κ1) is 9.31. The van der Waals surface area contributed by atoms with Crippen LogP contribution in [-0.4, -0.2) is 23.0 Å². The highest BCUT2D eigenvalue weighted by Gasteiger charge is 2.04. The number of rotatable bonds is 3. The van der Waals surface area contributed by atoms with E-state index < -0.39 is 13.0 Å². The van der Waals surface area contributed by atoms with Crippen molar-refractivity contribution in [1.82, 2.24) is 9.97 Å². The first-order valence-corrected chi connectivity index (χ1v) is 3.86. The van der Waals surface area contributed by atoms with Crippen molar-refractivity contribution in [3.8, 4) is 5.88 Å². The van der Waals surface area contributed by atoms with Gasteiger partial charge in [0, 0.05) is 0 Å². The van der Waals surface area contributed by atoms with Crippen LogP contribution in [0.2, 0.25) is 0 Å². The van der Waals surface area contributed by atoms with Gasteiger partial charge in [0.05, 0.1) is 12.4 Å². The van der Waals surface area contributed by atoms with Crippen LogP contribution in [0.4, 0.5) is 8.78 Å². The lowest BCUT2D eigenvalue weighted by molar-refractivity contribution is 0.0793. The monoisotopic (exact) mass is 238 g/mol. The van der Waals surface area contributed by atoms with Crippen molar-refractivity contribution in [2.75, 3.05) is 6.61 Å². The Bertz CT molecular complexity index is 259. The lowest BCUT2D eigenvalue weighted by Gasteiger charge is -2.02. The van der Waals surface area contributed by atoms with Gasteiger partial charge in [-0.05, 0) is 15.9 Å². The Labute approximate surface area is 75.9 Å². The molecule has 1 heterocycles. The highest BCUT2D eigenvalue weighted by atomic mass is 79.9. The molecule has 0 aliphatic carbocycles. The number of hydrogen-bond acceptors (Lipinski definition) is 3. The molecule has 0 saturated carbocycles. The van der Waals surface area contributed by atoms with Gasteiger partial charge in [0.2, 0.25) is 5.88 Å². The summed E-state index contributed by atoms with van der Waals surface area (Å²) in [6.07, 6.45) is 0.216. The number of ether oxygens (including phenoxy) is 1. The van der Waals surface area contributed by atoms with E-state index in [4.69, 9.17) is 0 Å². The van der Waals surface area contributed by atoms with Gasteiger partial charge in [-0.2, -0.15) is 0 Å². The number of nitrogens with zero attached hydrogens (tertiary/aromatic N) is 2. The topological polar surface area (TPSA) is 35.0 Å². The average Bonchev–Trinajstić information content (AvgIpc) is 2.01. The van der Waals surface area contributed by atoms with Crippen LogP contribution >= 0.6 is 15.9 Å². The zero-order chi connectivity index (χ0) is 8.97. The van der Waals surface area contributed by atoms with Crippen LogP contribution < -0.4 is 4.74 Å². The maximum Gasteiger partial charge on any atom is 0.272 e. The van der Waals surface area contributed by atoms with Crippen LogP contribution in [-0.2, 0) is 0 Å². The van der Waals surface area contributed by atoms with Gasteiger partial charge >= 0.3 is 0 Å². The third-order valence-electron chi connectivity index (χ3n) is 0.940. The van der Waals surface area contributed by atoms with Crippen molar-refractivity contribution >= 4 is 15.9 Å². The first-order valence-electron chi connectivity index (χ1n) is 3.07. The second-order valence-electron chi connectivity index (χ2n) is 1.88. The number of halogens is 3. The van der Waals surface area contributed by atoms with Crippen LogP contribution in [0.1, 0.15) is 0 Å². The molecule has 6 heteroatoms. The molecule has 3 nitrogen and oxygen atoms in total. The second kappa shape index (κ2) is 4.30.